The van der Waals surface area contributed by atoms with Crippen LogP contribution in [0.1, 0.15) is 48.3 Å². The van der Waals surface area contributed by atoms with Crippen molar-refractivity contribution in [3.05, 3.63) is 98.0 Å². The predicted molar refractivity (Wildman–Crippen MR) is 159 cm³/mol. The lowest BCUT2D eigenvalue weighted by molar-refractivity contribution is -0.120. The highest BCUT2D eigenvalue weighted by Gasteiger charge is 2.52. The molecule has 40 heavy (non-hydrogen) atoms. The summed E-state index contributed by atoms with van der Waals surface area (Å²) in [6, 6.07) is 18.6. The molecular weight excluding hydrogens is 569 g/mol. The summed E-state index contributed by atoms with van der Waals surface area (Å²) in [6.45, 7) is 5.54. The molecule has 0 radical (unpaired) electrons. The molecule has 0 saturated heterocycles. The molecule has 0 bridgehead atoms. The molecule has 1 aromatic heterocycles. The van der Waals surface area contributed by atoms with Crippen molar-refractivity contribution in [2.24, 2.45) is 5.18 Å². The second kappa shape index (κ2) is 11.1. The number of ether oxygens (including phenoxy) is 1. The van der Waals surface area contributed by atoms with E-state index in [0.29, 0.717) is 44.7 Å². The largest absolute Gasteiger partial charge is 0.441 e. The average Bonchev–Trinajstić information content (AvgIpc) is 3.68. The summed E-state index contributed by atoms with van der Waals surface area (Å²) >= 11 is 14.3. The quantitative estimate of drug-likeness (QED) is 0.215. The van der Waals surface area contributed by atoms with Crippen LogP contribution in [0.25, 0.3) is 21.6 Å². The maximum absolute atomic E-state index is 12.8. The summed E-state index contributed by atoms with van der Waals surface area (Å²) in [5.74, 6) is -0.615. The minimum absolute atomic E-state index is 0.494. The van der Waals surface area contributed by atoms with Crippen molar-refractivity contribution in [2.45, 2.75) is 45.1 Å². The summed E-state index contributed by atoms with van der Waals surface area (Å²) in [5, 5.41) is 6.50. The number of nitrogens with zero attached hydrogens (tertiary/aromatic N) is 2. The Kier molecular flexibility index (Phi) is 7.77. The Bertz CT molecular complexity index is 1630. The number of hydrogen-bond acceptors (Lipinski definition) is 6. The Morgan fingerprint density at radius 1 is 1.02 bits per heavy atom. The number of amides is 2. The van der Waals surface area contributed by atoms with Crippen LogP contribution in [0.4, 0.5) is 10.5 Å². The van der Waals surface area contributed by atoms with Crippen LogP contribution in [0, 0.1) is 18.8 Å². The highest BCUT2D eigenvalue weighted by atomic mass is 35.5. The van der Waals surface area contributed by atoms with E-state index < -0.39 is 23.5 Å². The first kappa shape index (κ1) is 28.0. The summed E-state index contributed by atoms with van der Waals surface area (Å²) in [7, 11) is 0. The Hall–Kier alpha value is -3.59. The zero-order valence-electron chi connectivity index (χ0n) is 22.0. The molecule has 1 N–H and O–H groups in total. The summed E-state index contributed by atoms with van der Waals surface area (Å²) in [6.07, 6.45) is 0.0857. The van der Waals surface area contributed by atoms with Crippen LogP contribution < -0.4 is 5.32 Å². The molecule has 10 heteroatoms. The van der Waals surface area contributed by atoms with Gasteiger partial charge in [0.1, 0.15) is 6.10 Å². The van der Waals surface area contributed by atoms with Gasteiger partial charge in [0.05, 0.1) is 21.7 Å². The number of hydrogen-bond donors (Lipinski definition) is 1. The lowest BCUT2D eigenvalue weighted by Crippen LogP contribution is -2.17. The van der Waals surface area contributed by atoms with Crippen molar-refractivity contribution in [3.63, 3.8) is 0 Å². The van der Waals surface area contributed by atoms with Crippen LogP contribution >= 0.6 is 34.7 Å². The maximum atomic E-state index is 12.8. The molecule has 3 aromatic carbocycles. The second-order valence-corrected chi connectivity index (χ2v) is 11.5. The van der Waals surface area contributed by atoms with E-state index >= 15 is 0 Å². The molecule has 4 aromatic rings. The van der Waals surface area contributed by atoms with E-state index in [1.807, 2.05) is 61.5 Å². The van der Waals surface area contributed by atoms with Gasteiger partial charge in [0.25, 0.3) is 5.91 Å². The first-order valence-electron chi connectivity index (χ1n) is 12.6. The number of aryl methyl sites for hydroxylation is 2. The molecule has 1 aliphatic carbocycles. The first-order valence-corrected chi connectivity index (χ1v) is 14.1. The molecule has 1 heterocycles. The molecule has 1 fully saturated rings. The second-order valence-electron chi connectivity index (χ2n) is 9.87. The number of aromatic nitrogens is 1. The maximum Gasteiger partial charge on any atom is 0.412 e. The number of halogens is 2. The van der Waals surface area contributed by atoms with Crippen molar-refractivity contribution in [2.75, 3.05) is 5.32 Å². The zero-order valence-corrected chi connectivity index (χ0v) is 24.3. The van der Waals surface area contributed by atoms with Gasteiger partial charge in [-0.05, 0) is 85.6 Å². The third-order valence-electron chi connectivity index (χ3n) is 7.27. The van der Waals surface area contributed by atoms with Crippen LogP contribution in [-0.2, 0) is 14.9 Å². The Morgan fingerprint density at radius 2 is 1.73 bits per heavy atom. The molecule has 2 amide bonds. The SMILES string of the molecule is Cc1cc(-c2snc(C)c2NC(=O)OC(C)c2ccccc2Cl)c(Cl)cc1-c1ccc(C2(C(=O)N=O)CC2)cc1. The van der Waals surface area contributed by atoms with E-state index in [-0.39, 0.29) is 0 Å². The van der Waals surface area contributed by atoms with Crippen molar-refractivity contribution in [1.29, 1.82) is 0 Å². The smallest absolute Gasteiger partial charge is 0.412 e. The van der Waals surface area contributed by atoms with E-state index in [4.69, 9.17) is 27.9 Å². The molecule has 1 atom stereocenters. The number of carbonyl (C=O) groups excluding carboxylic acids is 2. The molecular formula is C30H25Cl2N3O4S. The zero-order chi connectivity index (χ0) is 28.6. The van der Waals surface area contributed by atoms with Crippen molar-refractivity contribution in [1.82, 2.24) is 4.37 Å². The molecule has 1 unspecified atom stereocenters. The molecule has 7 nitrogen and oxygen atoms in total. The van der Waals surface area contributed by atoms with Gasteiger partial charge in [-0.2, -0.15) is 4.37 Å². The van der Waals surface area contributed by atoms with E-state index in [9.17, 15) is 14.5 Å². The van der Waals surface area contributed by atoms with Crippen LogP contribution in [-0.4, -0.2) is 16.4 Å². The highest BCUT2D eigenvalue weighted by molar-refractivity contribution is 7.10. The first-order chi connectivity index (χ1) is 19.1. The standard InChI is InChI=1S/C30H25Cl2N3O4S/c1-16-14-23(25(32)15-22(16)19-8-10-20(11-9-19)30(12-13-30)28(36)34-38)27-26(17(2)35-40-27)33-29(37)39-18(3)21-6-4-5-7-24(21)31/h4-11,14-15,18H,12-13H2,1-3H3,(H,33,37). The summed E-state index contributed by atoms with van der Waals surface area (Å²) in [5.41, 5.74) is 5.46. The number of anilines is 1. The fourth-order valence-electron chi connectivity index (χ4n) is 4.83. The van der Waals surface area contributed by atoms with Crippen molar-refractivity contribution in [3.8, 4) is 21.6 Å². The van der Waals surface area contributed by atoms with Gasteiger partial charge in [0.15, 0.2) is 0 Å². The minimum atomic E-state index is -0.767. The van der Waals surface area contributed by atoms with Gasteiger partial charge < -0.3 is 4.74 Å². The van der Waals surface area contributed by atoms with E-state index in [2.05, 4.69) is 14.9 Å². The van der Waals surface area contributed by atoms with Gasteiger partial charge in [0.2, 0.25) is 0 Å². The predicted octanol–water partition coefficient (Wildman–Crippen LogP) is 9.04. The normalized spacial score (nSPS) is 14.3. The third kappa shape index (κ3) is 5.27. The number of nitroso groups, excluding NO2 is 1. The van der Waals surface area contributed by atoms with Crippen molar-refractivity contribution >= 4 is 52.4 Å². The summed E-state index contributed by atoms with van der Waals surface area (Å²) < 4.78 is 10.0. The minimum Gasteiger partial charge on any atom is -0.441 e. The van der Waals surface area contributed by atoms with E-state index in [0.717, 1.165) is 27.8 Å². The topological polar surface area (TPSA) is 97.7 Å². The molecule has 0 aliphatic heterocycles. The van der Waals surface area contributed by atoms with E-state index in [1.54, 1.807) is 19.9 Å². The fourth-order valence-corrected chi connectivity index (χ4v) is 6.32. The highest BCUT2D eigenvalue weighted by Crippen LogP contribution is 2.50. The lowest BCUT2D eigenvalue weighted by atomic mass is 9.91. The van der Waals surface area contributed by atoms with Crippen LogP contribution in [0.5, 0.6) is 0 Å². The molecule has 5 rings (SSSR count). The molecule has 0 spiro atoms. The van der Waals surface area contributed by atoms with Crippen LogP contribution in [0.15, 0.2) is 65.8 Å². The Morgan fingerprint density at radius 3 is 2.38 bits per heavy atom. The Labute approximate surface area is 245 Å². The average molecular weight is 595 g/mol. The lowest BCUT2D eigenvalue weighted by Gasteiger charge is -2.16. The number of benzene rings is 3. The van der Waals surface area contributed by atoms with Gasteiger partial charge in [-0.25, -0.2) is 4.79 Å². The summed E-state index contributed by atoms with van der Waals surface area (Å²) in [4.78, 5) is 36.4. The molecule has 204 valence electrons. The van der Waals surface area contributed by atoms with Gasteiger partial charge in [-0.1, -0.05) is 65.7 Å². The third-order valence-corrected chi connectivity index (χ3v) is 8.89. The van der Waals surface area contributed by atoms with Gasteiger partial charge in [0, 0.05) is 26.3 Å². The number of carbonyl (C=O) groups is 2. The molecule has 1 saturated carbocycles. The van der Waals surface area contributed by atoms with Gasteiger partial charge >= 0.3 is 6.09 Å². The number of nitrogens with one attached hydrogen (secondary N) is 1. The van der Waals surface area contributed by atoms with Crippen LogP contribution in [0.2, 0.25) is 10.0 Å². The fraction of sp³-hybridized carbons (Fsp3) is 0.233. The van der Waals surface area contributed by atoms with Gasteiger partial charge in [-0.3, -0.25) is 10.1 Å². The van der Waals surface area contributed by atoms with Crippen LogP contribution in [0.3, 0.4) is 0 Å². The van der Waals surface area contributed by atoms with E-state index in [1.165, 1.54) is 11.5 Å². The number of rotatable bonds is 7. The van der Waals surface area contributed by atoms with Gasteiger partial charge in [-0.15, -0.1) is 4.91 Å². The van der Waals surface area contributed by atoms with Crippen molar-refractivity contribution < 1.29 is 14.3 Å². The Balaban J connectivity index is 1.38. The molecule has 1 aliphatic rings. The monoisotopic (exact) mass is 593 g/mol.